The zero-order chi connectivity index (χ0) is 25.2. The zero-order valence-corrected chi connectivity index (χ0v) is 21.7. The Labute approximate surface area is 209 Å². The number of thiazole rings is 1. The number of fused-ring (bicyclic) bond motifs is 3. The minimum absolute atomic E-state index is 0.126. The number of hydrogen-bond donors (Lipinski definition) is 1. The molecule has 0 fully saturated rings. The van der Waals surface area contributed by atoms with Gasteiger partial charge in [-0.25, -0.2) is 9.78 Å². The minimum Gasteiger partial charge on any atom is -0.444 e. The molecule has 0 unspecified atom stereocenters. The first-order valence-corrected chi connectivity index (χ1v) is 12.7. The predicted octanol–water partition coefficient (Wildman–Crippen LogP) is 5.90. The van der Waals surface area contributed by atoms with Crippen LogP contribution in [0.5, 0.6) is 0 Å². The van der Waals surface area contributed by atoms with Gasteiger partial charge in [0.1, 0.15) is 5.60 Å². The second kappa shape index (κ2) is 10.1. The molecule has 0 radical (unpaired) electrons. The first-order chi connectivity index (χ1) is 16.6. The van der Waals surface area contributed by atoms with Crippen molar-refractivity contribution < 1.29 is 14.3 Å². The van der Waals surface area contributed by atoms with Gasteiger partial charge in [-0.2, -0.15) is 0 Å². The molecule has 2 aromatic carbocycles. The van der Waals surface area contributed by atoms with Crippen LogP contribution in [0.25, 0.3) is 26.4 Å². The van der Waals surface area contributed by atoms with Crippen molar-refractivity contribution in [2.75, 3.05) is 19.6 Å². The summed E-state index contributed by atoms with van der Waals surface area (Å²) >= 11 is 1.57. The summed E-state index contributed by atoms with van der Waals surface area (Å²) in [6, 6.07) is 14.0. The van der Waals surface area contributed by atoms with Gasteiger partial charge < -0.3 is 15.0 Å². The van der Waals surface area contributed by atoms with E-state index >= 15 is 0 Å². The van der Waals surface area contributed by atoms with Gasteiger partial charge >= 0.3 is 6.09 Å². The van der Waals surface area contributed by atoms with Crippen LogP contribution in [0, 0.1) is 6.92 Å². The van der Waals surface area contributed by atoms with Gasteiger partial charge in [-0.3, -0.25) is 9.20 Å². The molecule has 0 spiro atoms. The Hall–Kier alpha value is -3.39. The van der Waals surface area contributed by atoms with Crippen LogP contribution < -0.4 is 5.32 Å². The Morgan fingerprint density at radius 3 is 2.69 bits per heavy atom. The molecule has 0 saturated carbocycles. The summed E-state index contributed by atoms with van der Waals surface area (Å²) in [6.45, 7) is 11.1. The van der Waals surface area contributed by atoms with E-state index in [1.807, 2.05) is 58.2 Å². The lowest BCUT2D eigenvalue weighted by molar-refractivity contribution is 0.0259. The number of benzene rings is 2. The second-order valence-corrected chi connectivity index (χ2v) is 10.6. The summed E-state index contributed by atoms with van der Waals surface area (Å²) in [5.41, 5.74) is 4.36. The SMILES string of the molecule is CCN(CCCNC(=O)c1ccc2c(c1)sc1nc(-c3cccc(C)c3)cn12)C(=O)OC(C)(C)C. The number of imidazole rings is 1. The van der Waals surface area contributed by atoms with Gasteiger partial charge in [0.15, 0.2) is 4.96 Å². The fourth-order valence-electron chi connectivity index (χ4n) is 3.86. The van der Waals surface area contributed by atoms with E-state index in [1.54, 1.807) is 16.2 Å². The Balaban J connectivity index is 1.38. The van der Waals surface area contributed by atoms with E-state index < -0.39 is 5.60 Å². The number of ether oxygens (including phenoxy) is 1. The number of amides is 2. The molecular weight excluding hydrogens is 460 g/mol. The van der Waals surface area contributed by atoms with Crippen LogP contribution in [0.15, 0.2) is 48.7 Å². The molecule has 184 valence electrons. The molecule has 2 heterocycles. The van der Waals surface area contributed by atoms with Crippen molar-refractivity contribution in [2.24, 2.45) is 0 Å². The summed E-state index contributed by atoms with van der Waals surface area (Å²) in [6.07, 6.45) is 2.37. The lowest BCUT2D eigenvalue weighted by Gasteiger charge is -2.26. The van der Waals surface area contributed by atoms with Gasteiger partial charge in [0.2, 0.25) is 0 Å². The number of nitrogens with zero attached hydrogens (tertiary/aromatic N) is 3. The monoisotopic (exact) mass is 492 g/mol. The molecule has 4 aromatic rings. The summed E-state index contributed by atoms with van der Waals surface area (Å²) in [7, 11) is 0. The topological polar surface area (TPSA) is 75.9 Å². The van der Waals surface area contributed by atoms with Crippen LogP contribution in [-0.4, -0.2) is 51.5 Å². The third-order valence-corrected chi connectivity index (χ3v) is 6.61. The average molecular weight is 493 g/mol. The van der Waals surface area contributed by atoms with Gasteiger partial charge in [-0.15, -0.1) is 0 Å². The molecule has 0 aliphatic rings. The molecule has 0 bridgehead atoms. The van der Waals surface area contributed by atoms with Crippen molar-refractivity contribution >= 4 is 38.5 Å². The zero-order valence-electron chi connectivity index (χ0n) is 20.9. The number of carbonyl (C=O) groups excluding carboxylic acids is 2. The van der Waals surface area contributed by atoms with Gasteiger partial charge in [-0.1, -0.05) is 35.1 Å². The van der Waals surface area contributed by atoms with Gasteiger partial charge in [0.05, 0.1) is 15.9 Å². The van der Waals surface area contributed by atoms with Crippen LogP contribution in [0.3, 0.4) is 0 Å². The Morgan fingerprint density at radius 1 is 1.17 bits per heavy atom. The first kappa shape index (κ1) is 24.7. The van der Waals surface area contributed by atoms with E-state index in [0.29, 0.717) is 31.6 Å². The summed E-state index contributed by atoms with van der Waals surface area (Å²) < 4.78 is 8.52. The number of nitrogens with one attached hydrogen (secondary N) is 1. The Kier molecular flexibility index (Phi) is 7.12. The third kappa shape index (κ3) is 5.82. The van der Waals surface area contributed by atoms with Crippen molar-refractivity contribution in [2.45, 2.75) is 46.6 Å². The lowest BCUT2D eigenvalue weighted by atomic mass is 10.1. The standard InChI is InChI=1S/C27H32N4O3S/c1-6-30(26(33)34-27(3,4)5)14-8-13-28-24(32)20-11-12-22-23(16-20)35-25-29-21(17-31(22)25)19-10-7-9-18(2)15-19/h7,9-12,15-17H,6,8,13-14H2,1-5H3,(H,28,32). The summed E-state index contributed by atoms with van der Waals surface area (Å²) in [4.78, 5) is 32.3. The van der Waals surface area contributed by atoms with Crippen molar-refractivity contribution in [3.05, 3.63) is 59.8 Å². The highest BCUT2D eigenvalue weighted by atomic mass is 32.1. The highest BCUT2D eigenvalue weighted by Gasteiger charge is 2.21. The molecule has 35 heavy (non-hydrogen) atoms. The highest BCUT2D eigenvalue weighted by molar-refractivity contribution is 7.23. The van der Waals surface area contributed by atoms with Gasteiger partial charge in [0, 0.05) is 37.0 Å². The molecule has 2 amide bonds. The molecule has 0 atom stereocenters. The maximum atomic E-state index is 12.7. The van der Waals surface area contributed by atoms with Crippen LogP contribution in [0.4, 0.5) is 4.79 Å². The van der Waals surface area contributed by atoms with Crippen molar-refractivity contribution in [3.63, 3.8) is 0 Å². The summed E-state index contributed by atoms with van der Waals surface area (Å²) in [5.74, 6) is -0.126. The van der Waals surface area contributed by atoms with Crippen LogP contribution in [0.1, 0.15) is 50.0 Å². The predicted molar refractivity (Wildman–Crippen MR) is 141 cm³/mol. The van der Waals surface area contributed by atoms with E-state index in [4.69, 9.17) is 9.72 Å². The summed E-state index contributed by atoms with van der Waals surface area (Å²) in [5, 5.41) is 2.96. The third-order valence-electron chi connectivity index (χ3n) is 5.59. The highest BCUT2D eigenvalue weighted by Crippen LogP contribution is 2.30. The lowest BCUT2D eigenvalue weighted by Crippen LogP contribution is -2.38. The second-order valence-electron chi connectivity index (χ2n) is 9.60. The van der Waals surface area contributed by atoms with Crippen molar-refractivity contribution in [1.29, 1.82) is 0 Å². The number of carbonyl (C=O) groups is 2. The van der Waals surface area contributed by atoms with Crippen LogP contribution in [0.2, 0.25) is 0 Å². The molecule has 2 aromatic heterocycles. The molecule has 4 rings (SSSR count). The fraction of sp³-hybridized carbons (Fsp3) is 0.370. The quantitative estimate of drug-likeness (QED) is 0.326. The van der Waals surface area contributed by atoms with Crippen LogP contribution in [-0.2, 0) is 4.74 Å². The van der Waals surface area contributed by atoms with Crippen molar-refractivity contribution in [1.82, 2.24) is 19.6 Å². The molecule has 1 N–H and O–H groups in total. The number of aryl methyl sites for hydroxylation is 1. The number of hydrogen-bond acceptors (Lipinski definition) is 5. The Morgan fingerprint density at radius 2 is 1.97 bits per heavy atom. The Bertz CT molecular complexity index is 1370. The number of aromatic nitrogens is 2. The molecular formula is C27H32N4O3S. The maximum Gasteiger partial charge on any atom is 0.410 e. The molecule has 0 aliphatic carbocycles. The average Bonchev–Trinajstić information content (AvgIpc) is 3.35. The molecule has 7 nitrogen and oxygen atoms in total. The van der Waals surface area contributed by atoms with E-state index in [9.17, 15) is 9.59 Å². The van der Waals surface area contributed by atoms with Crippen LogP contribution >= 0.6 is 11.3 Å². The van der Waals surface area contributed by atoms with E-state index in [2.05, 4.69) is 34.8 Å². The van der Waals surface area contributed by atoms with Gasteiger partial charge in [0.25, 0.3) is 5.91 Å². The van der Waals surface area contributed by atoms with Gasteiger partial charge in [-0.05, 0) is 65.3 Å². The molecule has 0 aliphatic heterocycles. The van der Waals surface area contributed by atoms with E-state index in [-0.39, 0.29) is 12.0 Å². The number of rotatable bonds is 7. The molecule has 8 heteroatoms. The largest absolute Gasteiger partial charge is 0.444 e. The van der Waals surface area contributed by atoms with Crippen molar-refractivity contribution in [3.8, 4) is 11.3 Å². The smallest absolute Gasteiger partial charge is 0.410 e. The fourth-order valence-corrected chi connectivity index (χ4v) is 4.91. The van der Waals surface area contributed by atoms with E-state index in [0.717, 1.165) is 26.4 Å². The maximum absolute atomic E-state index is 12.7. The van der Waals surface area contributed by atoms with E-state index in [1.165, 1.54) is 5.56 Å². The first-order valence-electron chi connectivity index (χ1n) is 11.9. The molecule has 0 saturated heterocycles. The normalized spacial score (nSPS) is 11.7. The minimum atomic E-state index is -0.525.